The standard InChI is InChI=1S/C21H30N4/c1-17(2)25(4)16-20-13-9-8-12-19(20)15-24-21(22-3)23-14-18-10-6-5-7-11-18/h5-13,17H,14-16H2,1-4H3,(H2,22,23,24). The molecular formula is C21H30N4. The predicted molar refractivity (Wildman–Crippen MR) is 107 cm³/mol. The smallest absolute Gasteiger partial charge is 0.191 e. The van der Waals surface area contributed by atoms with Crippen LogP contribution in [0.5, 0.6) is 0 Å². The summed E-state index contributed by atoms with van der Waals surface area (Å²) >= 11 is 0. The number of rotatable bonds is 7. The summed E-state index contributed by atoms with van der Waals surface area (Å²) in [5.41, 5.74) is 3.90. The summed E-state index contributed by atoms with van der Waals surface area (Å²) in [4.78, 5) is 6.67. The fraction of sp³-hybridized carbons (Fsp3) is 0.381. The highest BCUT2D eigenvalue weighted by molar-refractivity contribution is 5.79. The van der Waals surface area contributed by atoms with Crippen LogP contribution in [-0.4, -0.2) is 31.0 Å². The van der Waals surface area contributed by atoms with Gasteiger partial charge in [-0.1, -0.05) is 54.6 Å². The maximum Gasteiger partial charge on any atom is 0.191 e. The molecule has 2 rings (SSSR count). The molecule has 2 aromatic rings. The van der Waals surface area contributed by atoms with Gasteiger partial charge in [0, 0.05) is 32.7 Å². The molecular weight excluding hydrogens is 308 g/mol. The molecule has 134 valence electrons. The summed E-state index contributed by atoms with van der Waals surface area (Å²) in [5, 5.41) is 6.78. The van der Waals surface area contributed by atoms with Gasteiger partial charge in [-0.3, -0.25) is 9.89 Å². The van der Waals surface area contributed by atoms with Crippen LogP contribution < -0.4 is 10.6 Å². The maximum atomic E-state index is 4.32. The number of benzene rings is 2. The number of aliphatic imine (C=N–C) groups is 1. The van der Waals surface area contributed by atoms with Crippen molar-refractivity contribution in [3.63, 3.8) is 0 Å². The zero-order valence-electron chi connectivity index (χ0n) is 15.8. The lowest BCUT2D eigenvalue weighted by Crippen LogP contribution is -2.36. The van der Waals surface area contributed by atoms with Gasteiger partial charge < -0.3 is 10.6 Å². The van der Waals surface area contributed by atoms with Crippen LogP contribution in [0.3, 0.4) is 0 Å². The van der Waals surface area contributed by atoms with Crippen LogP contribution in [0.15, 0.2) is 59.6 Å². The van der Waals surface area contributed by atoms with Crippen molar-refractivity contribution in [1.29, 1.82) is 0 Å². The zero-order chi connectivity index (χ0) is 18.1. The highest BCUT2D eigenvalue weighted by Gasteiger charge is 2.08. The van der Waals surface area contributed by atoms with E-state index in [1.54, 1.807) is 7.05 Å². The van der Waals surface area contributed by atoms with E-state index in [4.69, 9.17) is 0 Å². The van der Waals surface area contributed by atoms with Crippen molar-refractivity contribution in [2.75, 3.05) is 14.1 Å². The summed E-state index contributed by atoms with van der Waals surface area (Å²) in [5.74, 6) is 0.816. The second-order valence-electron chi connectivity index (χ2n) is 6.54. The van der Waals surface area contributed by atoms with E-state index < -0.39 is 0 Å². The third-order valence-corrected chi connectivity index (χ3v) is 4.39. The summed E-state index contributed by atoms with van der Waals surface area (Å²) < 4.78 is 0. The lowest BCUT2D eigenvalue weighted by molar-refractivity contribution is 0.265. The van der Waals surface area contributed by atoms with Gasteiger partial charge in [-0.05, 0) is 37.6 Å². The molecule has 0 aliphatic rings. The van der Waals surface area contributed by atoms with Crippen LogP contribution in [0.4, 0.5) is 0 Å². The first kappa shape index (κ1) is 19.0. The van der Waals surface area contributed by atoms with Crippen molar-refractivity contribution in [2.24, 2.45) is 4.99 Å². The highest BCUT2D eigenvalue weighted by Crippen LogP contribution is 2.12. The Morgan fingerprint density at radius 3 is 2.16 bits per heavy atom. The van der Waals surface area contributed by atoms with Crippen molar-refractivity contribution in [3.8, 4) is 0 Å². The van der Waals surface area contributed by atoms with Gasteiger partial charge in [0.2, 0.25) is 0 Å². The Kier molecular flexibility index (Phi) is 7.48. The largest absolute Gasteiger partial charge is 0.352 e. The minimum atomic E-state index is 0.529. The van der Waals surface area contributed by atoms with Crippen LogP contribution >= 0.6 is 0 Å². The van der Waals surface area contributed by atoms with Crippen LogP contribution in [0.25, 0.3) is 0 Å². The van der Waals surface area contributed by atoms with E-state index in [0.717, 1.165) is 25.6 Å². The molecule has 4 heteroatoms. The molecule has 0 aliphatic heterocycles. The monoisotopic (exact) mass is 338 g/mol. The number of guanidine groups is 1. The molecule has 2 N–H and O–H groups in total. The van der Waals surface area contributed by atoms with Crippen molar-refractivity contribution in [3.05, 3.63) is 71.3 Å². The van der Waals surface area contributed by atoms with E-state index >= 15 is 0 Å². The molecule has 2 aromatic carbocycles. The predicted octanol–water partition coefficient (Wildman–Crippen LogP) is 3.39. The van der Waals surface area contributed by atoms with Gasteiger partial charge in [-0.2, -0.15) is 0 Å². The first-order valence-corrected chi connectivity index (χ1v) is 8.85. The Bertz CT molecular complexity index is 665. The molecule has 0 atom stereocenters. The van der Waals surface area contributed by atoms with Gasteiger partial charge >= 0.3 is 0 Å². The van der Waals surface area contributed by atoms with E-state index in [1.165, 1.54) is 16.7 Å². The van der Waals surface area contributed by atoms with E-state index in [1.807, 2.05) is 6.07 Å². The minimum Gasteiger partial charge on any atom is -0.352 e. The topological polar surface area (TPSA) is 39.7 Å². The number of hydrogen-bond acceptors (Lipinski definition) is 2. The van der Waals surface area contributed by atoms with Crippen LogP contribution in [0.2, 0.25) is 0 Å². The lowest BCUT2D eigenvalue weighted by atomic mass is 10.1. The summed E-state index contributed by atoms with van der Waals surface area (Å²) in [6, 6.07) is 19.5. The number of nitrogens with one attached hydrogen (secondary N) is 2. The molecule has 0 spiro atoms. The molecule has 0 saturated heterocycles. The second kappa shape index (κ2) is 9.84. The third kappa shape index (κ3) is 6.24. The second-order valence-corrected chi connectivity index (χ2v) is 6.54. The van der Waals surface area contributed by atoms with Gasteiger partial charge in [-0.15, -0.1) is 0 Å². The molecule has 0 fully saturated rings. The zero-order valence-corrected chi connectivity index (χ0v) is 15.8. The van der Waals surface area contributed by atoms with E-state index in [-0.39, 0.29) is 0 Å². The van der Waals surface area contributed by atoms with Crippen molar-refractivity contribution in [1.82, 2.24) is 15.5 Å². The first-order chi connectivity index (χ1) is 12.1. The summed E-state index contributed by atoms with van der Waals surface area (Å²) in [6.45, 7) is 6.91. The Labute approximate surface area is 152 Å². The molecule has 0 radical (unpaired) electrons. The molecule has 25 heavy (non-hydrogen) atoms. The molecule has 0 aliphatic carbocycles. The molecule has 4 nitrogen and oxygen atoms in total. The average molecular weight is 338 g/mol. The van der Waals surface area contributed by atoms with Crippen LogP contribution in [0, 0.1) is 0 Å². The normalized spacial score (nSPS) is 11.8. The average Bonchev–Trinajstić information content (AvgIpc) is 2.63. The number of hydrogen-bond donors (Lipinski definition) is 2. The molecule has 0 amide bonds. The van der Waals surface area contributed by atoms with Crippen molar-refractivity contribution >= 4 is 5.96 Å². The van der Waals surface area contributed by atoms with Gasteiger partial charge in [0.25, 0.3) is 0 Å². The molecule has 0 bridgehead atoms. The lowest BCUT2D eigenvalue weighted by Gasteiger charge is -2.23. The Hall–Kier alpha value is -2.33. The minimum absolute atomic E-state index is 0.529. The maximum absolute atomic E-state index is 4.32. The molecule has 0 saturated carbocycles. The Morgan fingerprint density at radius 1 is 0.920 bits per heavy atom. The third-order valence-electron chi connectivity index (χ3n) is 4.39. The first-order valence-electron chi connectivity index (χ1n) is 8.85. The fourth-order valence-corrected chi connectivity index (χ4v) is 2.52. The van der Waals surface area contributed by atoms with Crippen LogP contribution in [-0.2, 0) is 19.6 Å². The Balaban J connectivity index is 1.93. The quantitative estimate of drug-likeness (QED) is 0.600. The number of nitrogens with zero attached hydrogens (tertiary/aromatic N) is 2. The molecule has 0 aromatic heterocycles. The van der Waals surface area contributed by atoms with Crippen LogP contribution in [0.1, 0.15) is 30.5 Å². The summed E-state index contributed by atoms with van der Waals surface area (Å²) in [6.07, 6.45) is 0. The SMILES string of the molecule is CN=C(NCc1ccccc1)NCc1ccccc1CN(C)C(C)C. The molecule has 0 unspecified atom stereocenters. The van der Waals surface area contributed by atoms with Crippen molar-refractivity contribution in [2.45, 2.75) is 39.5 Å². The van der Waals surface area contributed by atoms with Gasteiger partial charge in [-0.25, -0.2) is 0 Å². The van der Waals surface area contributed by atoms with Gasteiger partial charge in [0.05, 0.1) is 0 Å². The van der Waals surface area contributed by atoms with E-state index in [2.05, 4.69) is 90.0 Å². The van der Waals surface area contributed by atoms with E-state index in [9.17, 15) is 0 Å². The molecule has 0 heterocycles. The van der Waals surface area contributed by atoms with Crippen molar-refractivity contribution < 1.29 is 0 Å². The van der Waals surface area contributed by atoms with E-state index in [0.29, 0.717) is 6.04 Å². The highest BCUT2D eigenvalue weighted by atomic mass is 15.2. The summed E-state index contributed by atoms with van der Waals surface area (Å²) in [7, 11) is 3.97. The Morgan fingerprint density at radius 2 is 1.52 bits per heavy atom. The van der Waals surface area contributed by atoms with Gasteiger partial charge in [0.15, 0.2) is 5.96 Å². The fourth-order valence-electron chi connectivity index (χ4n) is 2.52. The van der Waals surface area contributed by atoms with Gasteiger partial charge in [0.1, 0.15) is 0 Å².